The number of halogens is 1. The zero-order valence-electron chi connectivity index (χ0n) is 14.7. The van der Waals surface area contributed by atoms with Crippen molar-refractivity contribution in [2.24, 2.45) is 5.10 Å². The molecule has 0 bridgehead atoms. The molecule has 27 heavy (non-hydrogen) atoms. The molecule has 1 aromatic heterocycles. The topological polar surface area (TPSA) is 98.8 Å². The number of nitrogens with one attached hydrogen (secondary N) is 1. The van der Waals surface area contributed by atoms with Crippen LogP contribution < -0.4 is 20.6 Å². The number of nitrogens with zero attached hydrogens (tertiary/aromatic N) is 2. The fraction of sp³-hybridized carbons (Fsp3) is 0.167. The maximum absolute atomic E-state index is 12.2. The van der Waals surface area contributed by atoms with Crippen LogP contribution >= 0.6 is 27.3 Å². The molecule has 3 N–H and O–H groups in total. The summed E-state index contributed by atoms with van der Waals surface area (Å²) < 4.78 is 12.4. The summed E-state index contributed by atoms with van der Waals surface area (Å²) in [7, 11) is 3.10. The number of anilines is 1. The Morgan fingerprint density at radius 1 is 1.33 bits per heavy atom. The zero-order valence-corrected chi connectivity index (χ0v) is 17.1. The molecule has 1 amide bonds. The number of hydrogen-bond donors (Lipinski definition) is 2. The van der Waals surface area contributed by atoms with Gasteiger partial charge in [-0.2, -0.15) is 5.10 Å². The van der Waals surface area contributed by atoms with Gasteiger partial charge in [0.1, 0.15) is 0 Å². The summed E-state index contributed by atoms with van der Waals surface area (Å²) in [5, 5.41) is 4.53. The van der Waals surface area contributed by atoms with Gasteiger partial charge in [0.25, 0.3) is 0 Å². The highest BCUT2D eigenvalue weighted by Crippen LogP contribution is 2.33. The van der Waals surface area contributed by atoms with Crippen molar-refractivity contribution in [2.45, 2.75) is 6.42 Å². The number of fused-ring (bicyclic) bond motifs is 1. The molecule has 0 spiro atoms. The number of nitrogens with two attached hydrogens (primary N) is 1. The molecule has 140 valence electrons. The van der Waals surface area contributed by atoms with Gasteiger partial charge in [0.2, 0.25) is 5.91 Å². The lowest BCUT2D eigenvalue weighted by Gasteiger charge is -2.10. The van der Waals surface area contributed by atoms with Gasteiger partial charge < -0.3 is 15.2 Å². The van der Waals surface area contributed by atoms with Crippen LogP contribution in [0, 0.1) is 0 Å². The molecular formula is C18H17BrN4O3S. The Bertz CT molecular complexity index is 1020. The lowest BCUT2D eigenvalue weighted by Crippen LogP contribution is -2.19. The van der Waals surface area contributed by atoms with Crippen LogP contribution in [0.3, 0.4) is 0 Å². The van der Waals surface area contributed by atoms with Gasteiger partial charge in [0, 0.05) is 10.0 Å². The van der Waals surface area contributed by atoms with Crippen molar-refractivity contribution in [1.29, 1.82) is 0 Å². The molecule has 9 heteroatoms. The number of carbonyl (C=O) groups is 1. The molecule has 3 aromatic rings. The number of benzene rings is 2. The van der Waals surface area contributed by atoms with Crippen molar-refractivity contribution in [3.05, 3.63) is 45.9 Å². The monoisotopic (exact) mass is 448 g/mol. The van der Waals surface area contributed by atoms with Gasteiger partial charge in [-0.25, -0.2) is 10.4 Å². The molecule has 0 unspecified atom stereocenters. The third kappa shape index (κ3) is 4.55. The van der Waals surface area contributed by atoms with Gasteiger partial charge in [-0.3, -0.25) is 4.79 Å². The minimum absolute atomic E-state index is 0.198. The Morgan fingerprint density at radius 3 is 2.89 bits per heavy atom. The van der Waals surface area contributed by atoms with Crippen LogP contribution in [0.15, 0.2) is 39.9 Å². The molecule has 2 aromatic carbocycles. The summed E-state index contributed by atoms with van der Waals surface area (Å²) in [4.78, 5) is 16.4. The van der Waals surface area contributed by atoms with Crippen molar-refractivity contribution in [3.8, 4) is 11.5 Å². The number of hydrazone groups is 1. The summed E-state index contributed by atoms with van der Waals surface area (Å²) in [6, 6.07) is 9.23. The molecule has 0 saturated heterocycles. The van der Waals surface area contributed by atoms with Gasteiger partial charge in [-0.15, -0.1) is 0 Å². The average Bonchev–Trinajstić information content (AvgIpc) is 3.00. The molecule has 3 rings (SSSR count). The highest BCUT2D eigenvalue weighted by molar-refractivity contribution is 9.10. The standard InChI is InChI=1S/C18H17BrN4O3S/c1-25-14-8-12(19)7-11(17(14)26-2)9-21-23-16(24)6-10-3-4-13-15(5-10)27-18(20)22-13/h3-5,7-9H,6H2,1-2H3,(H2,20,22)(H,23,24)/b21-9-. The van der Waals surface area contributed by atoms with Gasteiger partial charge >= 0.3 is 0 Å². The number of rotatable bonds is 6. The number of ether oxygens (including phenoxy) is 2. The first kappa shape index (κ1) is 19.1. The molecule has 0 aliphatic heterocycles. The van der Waals surface area contributed by atoms with Gasteiger partial charge in [0.15, 0.2) is 16.6 Å². The van der Waals surface area contributed by atoms with E-state index in [1.165, 1.54) is 17.6 Å². The molecule has 0 aliphatic carbocycles. The number of carbonyl (C=O) groups excluding carboxylic acids is 1. The van der Waals surface area contributed by atoms with Crippen molar-refractivity contribution >= 4 is 54.7 Å². The Labute approximate surface area is 168 Å². The van der Waals surface area contributed by atoms with Crippen LogP contribution in [0.2, 0.25) is 0 Å². The van der Waals surface area contributed by atoms with E-state index in [1.807, 2.05) is 24.3 Å². The number of nitrogen functional groups attached to an aromatic ring is 1. The number of methoxy groups -OCH3 is 2. The second-order valence-corrected chi connectivity index (χ2v) is 7.53. The predicted molar refractivity (Wildman–Crippen MR) is 111 cm³/mol. The second-order valence-electron chi connectivity index (χ2n) is 5.55. The minimum Gasteiger partial charge on any atom is -0.493 e. The fourth-order valence-corrected chi connectivity index (χ4v) is 3.80. The van der Waals surface area contributed by atoms with Gasteiger partial charge in [-0.05, 0) is 29.8 Å². The summed E-state index contributed by atoms with van der Waals surface area (Å²) in [6.45, 7) is 0. The predicted octanol–water partition coefficient (Wildman–Crippen LogP) is 3.35. The molecule has 1 heterocycles. The molecule has 7 nitrogen and oxygen atoms in total. The van der Waals surface area contributed by atoms with Gasteiger partial charge in [0.05, 0.1) is 37.1 Å². The van der Waals surface area contributed by atoms with E-state index in [9.17, 15) is 4.79 Å². The van der Waals surface area contributed by atoms with E-state index >= 15 is 0 Å². The Morgan fingerprint density at radius 2 is 2.15 bits per heavy atom. The van der Waals surface area contributed by atoms with E-state index in [0.717, 1.165) is 20.3 Å². The third-order valence-corrected chi connectivity index (χ3v) is 5.00. The van der Waals surface area contributed by atoms with E-state index in [4.69, 9.17) is 15.2 Å². The molecular weight excluding hydrogens is 432 g/mol. The summed E-state index contributed by atoms with van der Waals surface area (Å²) in [5.74, 6) is 0.868. The maximum atomic E-state index is 12.2. The first-order valence-corrected chi connectivity index (χ1v) is 9.49. The lowest BCUT2D eigenvalue weighted by atomic mass is 10.1. The normalized spacial score (nSPS) is 11.1. The van der Waals surface area contributed by atoms with Crippen LogP contribution in [0.5, 0.6) is 11.5 Å². The van der Waals surface area contributed by atoms with Crippen LogP contribution in [0.25, 0.3) is 10.2 Å². The first-order valence-electron chi connectivity index (χ1n) is 7.88. The van der Waals surface area contributed by atoms with Crippen LogP contribution in [0.4, 0.5) is 5.13 Å². The summed E-state index contributed by atoms with van der Waals surface area (Å²) in [6.07, 6.45) is 1.71. The number of hydrogen-bond acceptors (Lipinski definition) is 7. The van der Waals surface area contributed by atoms with E-state index in [1.54, 1.807) is 20.3 Å². The molecule has 0 atom stereocenters. The zero-order chi connectivity index (χ0) is 19.4. The quantitative estimate of drug-likeness (QED) is 0.444. The molecule has 0 saturated carbocycles. The Balaban J connectivity index is 1.68. The average molecular weight is 449 g/mol. The third-order valence-electron chi connectivity index (χ3n) is 3.70. The highest BCUT2D eigenvalue weighted by atomic mass is 79.9. The van der Waals surface area contributed by atoms with Crippen LogP contribution in [-0.2, 0) is 11.2 Å². The lowest BCUT2D eigenvalue weighted by molar-refractivity contribution is -0.120. The Kier molecular flexibility index (Phi) is 5.92. The SMILES string of the molecule is COc1cc(Br)cc(/C=N\NC(=O)Cc2ccc3nc(N)sc3c2)c1OC. The van der Waals surface area contributed by atoms with E-state index in [2.05, 4.69) is 31.4 Å². The molecule has 0 aliphatic rings. The first-order chi connectivity index (χ1) is 13.0. The highest BCUT2D eigenvalue weighted by Gasteiger charge is 2.11. The van der Waals surface area contributed by atoms with Crippen molar-refractivity contribution in [2.75, 3.05) is 20.0 Å². The fourth-order valence-electron chi connectivity index (χ4n) is 2.55. The van der Waals surface area contributed by atoms with E-state index in [-0.39, 0.29) is 12.3 Å². The van der Waals surface area contributed by atoms with Gasteiger partial charge in [-0.1, -0.05) is 33.3 Å². The molecule has 0 fully saturated rings. The van der Waals surface area contributed by atoms with Crippen molar-refractivity contribution in [3.63, 3.8) is 0 Å². The van der Waals surface area contributed by atoms with Crippen LogP contribution in [-0.4, -0.2) is 31.3 Å². The summed E-state index contributed by atoms with van der Waals surface area (Å²) >= 11 is 4.80. The van der Waals surface area contributed by atoms with Crippen molar-refractivity contribution in [1.82, 2.24) is 10.4 Å². The number of aromatic nitrogens is 1. The minimum atomic E-state index is -0.232. The largest absolute Gasteiger partial charge is 0.493 e. The maximum Gasteiger partial charge on any atom is 0.244 e. The smallest absolute Gasteiger partial charge is 0.244 e. The summed E-state index contributed by atoms with van der Waals surface area (Å²) in [5.41, 5.74) is 10.6. The van der Waals surface area contributed by atoms with Crippen LogP contribution in [0.1, 0.15) is 11.1 Å². The number of thiazole rings is 1. The molecule has 0 radical (unpaired) electrons. The second kappa shape index (κ2) is 8.36. The Hall–Kier alpha value is -2.65. The van der Waals surface area contributed by atoms with E-state index < -0.39 is 0 Å². The van der Waals surface area contributed by atoms with E-state index in [0.29, 0.717) is 22.2 Å². The number of amides is 1. The van der Waals surface area contributed by atoms with Crippen molar-refractivity contribution < 1.29 is 14.3 Å².